The molecule has 0 radical (unpaired) electrons. The van der Waals surface area contributed by atoms with Gasteiger partial charge in [-0.25, -0.2) is 22.0 Å². The summed E-state index contributed by atoms with van der Waals surface area (Å²) in [5.74, 6) is 0.0535. The standard InChI is InChI=1S/C20H18ClN3O6S2/c21-14-1-7-17(8-2-14)30-13-20(25)23-15-3-11-19(12-4-15)32(28,29)24-16-5-9-18(10-6-16)31(22,26)27/h1-12,24H,13H2,(H,23,25)(H2,22,26,27). The highest BCUT2D eigenvalue weighted by atomic mass is 35.5. The van der Waals surface area contributed by atoms with Crippen molar-refractivity contribution in [1.29, 1.82) is 0 Å². The van der Waals surface area contributed by atoms with Crippen LogP contribution in [0.4, 0.5) is 11.4 Å². The number of halogens is 1. The number of hydrogen-bond acceptors (Lipinski definition) is 6. The van der Waals surface area contributed by atoms with Crippen LogP contribution in [0.1, 0.15) is 0 Å². The Kier molecular flexibility index (Phi) is 7.04. The van der Waals surface area contributed by atoms with Crippen LogP contribution in [-0.4, -0.2) is 29.3 Å². The van der Waals surface area contributed by atoms with E-state index >= 15 is 0 Å². The average molecular weight is 496 g/mol. The second kappa shape index (κ2) is 9.57. The van der Waals surface area contributed by atoms with Crippen molar-refractivity contribution in [1.82, 2.24) is 0 Å². The van der Waals surface area contributed by atoms with Crippen LogP contribution in [0.15, 0.2) is 82.6 Å². The Labute approximate surface area is 190 Å². The fourth-order valence-electron chi connectivity index (χ4n) is 2.52. The second-order valence-corrected chi connectivity index (χ2v) is 10.2. The lowest BCUT2D eigenvalue weighted by molar-refractivity contribution is -0.118. The van der Waals surface area contributed by atoms with Gasteiger partial charge in [-0.2, -0.15) is 0 Å². The number of carbonyl (C=O) groups is 1. The summed E-state index contributed by atoms with van der Waals surface area (Å²) in [5, 5.41) is 8.16. The third-order valence-electron chi connectivity index (χ3n) is 4.07. The molecule has 0 aliphatic rings. The summed E-state index contributed by atoms with van der Waals surface area (Å²) in [6.45, 7) is -0.238. The van der Waals surface area contributed by atoms with Crippen LogP contribution in [0.3, 0.4) is 0 Å². The van der Waals surface area contributed by atoms with Crippen LogP contribution in [0, 0.1) is 0 Å². The molecule has 0 heterocycles. The third kappa shape index (κ3) is 6.44. The normalized spacial score (nSPS) is 11.6. The van der Waals surface area contributed by atoms with E-state index in [2.05, 4.69) is 10.0 Å². The molecule has 0 aliphatic carbocycles. The van der Waals surface area contributed by atoms with E-state index in [1.807, 2.05) is 0 Å². The fraction of sp³-hybridized carbons (Fsp3) is 0.0500. The van der Waals surface area contributed by atoms with E-state index in [0.717, 1.165) is 0 Å². The van der Waals surface area contributed by atoms with Crippen LogP contribution in [0.25, 0.3) is 0 Å². The minimum Gasteiger partial charge on any atom is -0.484 e. The Morgan fingerprint density at radius 2 is 1.34 bits per heavy atom. The molecule has 168 valence electrons. The lowest BCUT2D eigenvalue weighted by atomic mass is 10.3. The van der Waals surface area contributed by atoms with E-state index in [-0.39, 0.29) is 22.1 Å². The monoisotopic (exact) mass is 495 g/mol. The minimum absolute atomic E-state index is 0.0524. The average Bonchev–Trinajstić information content (AvgIpc) is 2.73. The van der Waals surface area contributed by atoms with Crippen LogP contribution in [0.2, 0.25) is 5.02 Å². The zero-order chi connectivity index (χ0) is 23.4. The van der Waals surface area contributed by atoms with Gasteiger partial charge in [0.2, 0.25) is 10.0 Å². The summed E-state index contributed by atoms with van der Waals surface area (Å²) in [7, 11) is -7.81. The number of benzene rings is 3. The predicted molar refractivity (Wildman–Crippen MR) is 121 cm³/mol. The number of rotatable bonds is 8. The van der Waals surface area contributed by atoms with Gasteiger partial charge in [-0.3, -0.25) is 9.52 Å². The molecule has 0 fully saturated rings. The van der Waals surface area contributed by atoms with Crippen molar-refractivity contribution in [3.8, 4) is 5.75 Å². The van der Waals surface area contributed by atoms with Gasteiger partial charge in [-0.15, -0.1) is 0 Å². The van der Waals surface area contributed by atoms with Gasteiger partial charge in [0.15, 0.2) is 6.61 Å². The molecule has 0 unspecified atom stereocenters. The van der Waals surface area contributed by atoms with Crippen molar-refractivity contribution in [2.45, 2.75) is 9.79 Å². The molecule has 4 N–H and O–H groups in total. The highest BCUT2D eigenvalue weighted by Crippen LogP contribution is 2.20. The summed E-state index contributed by atoms with van der Waals surface area (Å²) in [6, 6.07) is 17.0. The molecule has 0 bridgehead atoms. The molecule has 0 saturated heterocycles. The smallest absolute Gasteiger partial charge is 0.262 e. The Bertz CT molecular complexity index is 1310. The molecule has 0 aromatic heterocycles. The SMILES string of the molecule is NS(=O)(=O)c1ccc(NS(=O)(=O)c2ccc(NC(=O)COc3ccc(Cl)cc3)cc2)cc1. The molecule has 0 saturated carbocycles. The molecule has 32 heavy (non-hydrogen) atoms. The van der Waals surface area contributed by atoms with Crippen molar-refractivity contribution in [2.75, 3.05) is 16.6 Å². The van der Waals surface area contributed by atoms with Crippen LogP contribution >= 0.6 is 11.6 Å². The minimum atomic E-state index is -3.94. The van der Waals surface area contributed by atoms with Gasteiger partial charge < -0.3 is 10.1 Å². The Hall–Kier alpha value is -3.12. The Morgan fingerprint density at radius 1 is 0.812 bits per heavy atom. The van der Waals surface area contributed by atoms with Crippen LogP contribution in [0.5, 0.6) is 5.75 Å². The maximum absolute atomic E-state index is 12.5. The van der Waals surface area contributed by atoms with Gasteiger partial charge in [-0.05, 0) is 72.8 Å². The van der Waals surface area contributed by atoms with Crippen molar-refractivity contribution < 1.29 is 26.4 Å². The molecule has 0 spiro atoms. The molecule has 3 aromatic rings. The van der Waals surface area contributed by atoms with Gasteiger partial charge in [-0.1, -0.05) is 11.6 Å². The number of amides is 1. The first-order valence-electron chi connectivity index (χ1n) is 8.97. The van der Waals surface area contributed by atoms with Crippen molar-refractivity contribution in [3.05, 3.63) is 77.8 Å². The maximum Gasteiger partial charge on any atom is 0.262 e. The second-order valence-electron chi connectivity index (χ2n) is 6.49. The molecule has 3 aromatic carbocycles. The Balaban J connectivity index is 1.60. The lowest BCUT2D eigenvalue weighted by Crippen LogP contribution is -2.20. The lowest BCUT2D eigenvalue weighted by Gasteiger charge is -2.10. The first-order chi connectivity index (χ1) is 15.0. The predicted octanol–water partition coefficient (Wildman–Crippen LogP) is 2.81. The topological polar surface area (TPSA) is 145 Å². The summed E-state index contributed by atoms with van der Waals surface area (Å²) >= 11 is 5.79. The molecule has 0 atom stereocenters. The van der Waals surface area contributed by atoms with Gasteiger partial charge in [0.05, 0.1) is 9.79 Å². The maximum atomic E-state index is 12.5. The van der Waals surface area contributed by atoms with E-state index in [9.17, 15) is 21.6 Å². The largest absolute Gasteiger partial charge is 0.484 e. The van der Waals surface area contributed by atoms with Gasteiger partial charge >= 0.3 is 0 Å². The van der Waals surface area contributed by atoms with E-state index in [4.69, 9.17) is 21.5 Å². The number of anilines is 2. The van der Waals surface area contributed by atoms with Crippen LogP contribution in [-0.2, 0) is 24.8 Å². The van der Waals surface area contributed by atoms with Crippen molar-refractivity contribution >= 4 is 48.9 Å². The number of ether oxygens (including phenoxy) is 1. The van der Waals surface area contributed by atoms with E-state index in [1.54, 1.807) is 24.3 Å². The number of primary sulfonamides is 1. The molecule has 12 heteroatoms. The first kappa shape index (κ1) is 23.5. The van der Waals surface area contributed by atoms with E-state index in [1.165, 1.54) is 48.5 Å². The molecule has 0 aliphatic heterocycles. The van der Waals surface area contributed by atoms with Crippen molar-refractivity contribution in [2.24, 2.45) is 5.14 Å². The zero-order valence-electron chi connectivity index (χ0n) is 16.4. The number of nitrogens with one attached hydrogen (secondary N) is 2. The Morgan fingerprint density at radius 3 is 1.91 bits per heavy atom. The third-order valence-corrected chi connectivity index (χ3v) is 6.65. The number of hydrogen-bond donors (Lipinski definition) is 3. The summed E-state index contributed by atoms with van der Waals surface area (Å²) in [6.07, 6.45) is 0. The van der Waals surface area contributed by atoms with Gasteiger partial charge in [0.1, 0.15) is 5.75 Å². The van der Waals surface area contributed by atoms with Gasteiger partial charge in [0.25, 0.3) is 15.9 Å². The number of nitrogens with two attached hydrogens (primary N) is 1. The molecule has 1 amide bonds. The van der Waals surface area contributed by atoms with Crippen molar-refractivity contribution in [3.63, 3.8) is 0 Å². The summed E-state index contributed by atoms with van der Waals surface area (Å²) in [5.41, 5.74) is 0.542. The zero-order valence-corrected chi connectivity index (χ0v) is 18.7. The highest BCUT2D eigenvalue weighted by molar-refractivity contribution is 7.92. The van der Waals surface area contributed by atoms with E-state index < -0.39 is 26.0 Å². The van der Waals surface area contributed by atoms with Gasteiger partial charge in [0, 0.05) is 16.4 Å². The molecule has 3 rings (SSSR count). The number of sulfonamides is 2. The van der Waals surface area contributed by atoms with E-state index in [0.29, 0.717) is 16.5 Å². The quantitative estimate of drug-likeness (QED) is 0.438. The molecule has 9 nitrogen and oxygen atoms in total. The molecular formula is C20H18ClN3O6S2. The number of carbonyl (C=O) groups excluding carboxylic acids is 1. The highest BCUT2D eigenvalue weighted by Gasteiger charge is 2.15. The first-order valence-corrected chi connectivity index (χ1v) is 12.4. The summed E-state index contributed by atoms with van der Waals surface area (Å²) < 4.78 is 55.3. The molecular weight excluding hydrogens is 478 g/mol. The van der Waals surface area contributed by atoms with Crippen LogP contribution < -0.4 is 19.9 Å². The summed E-state index contributed by atoms with van der Waals surface area (Å²) in [4.78, 5) is 11.8. The fourth-order valence-corrected chi connectivity index (χ4v) is 4.22.